The van der Waals surface area contributed by atoms with Crippen LogP contribution in [0.25, 0.3) is 0 Å². The van der Waals surface area contributed by atoms with Crippen LogP contribution in [0.5, 0.6) is 11.5 Å². The van der Waals surface area contributed by atoms with Gasteiger partial charge in [0.1, 0.15) is 17.6 Å². The number of rotatable bonds is 7. The van der Waals surface area contributed by atoms with Crippen molar-refractivity contribution in [3.05, 3.63) is 53.3 Å². The molecular formula is C25H36IN5O2. The summed E-state index contributed by atoms with van der Waals surface area (Å²) in [4.78, 5) is 11.8. The van der Waals surface area contributed by atoms with Crippen LogP contribution < -0.4 is 20.1 Å². The van der Waals surface area contributed by atoms with Gasteiger partial charge in [-0.15, -0.1) is 24.0 Å². The van der Waals surface area contributed by atoms with E-state index in [0.717, 1.165) is 74.2 Å². The van der Waals surface area contributed by atoms with Crippen molar-refractivity contribution >= 4 is 29.9 Å². The summed E-state index contributed by atoms with van der Waals surface area (Å²) in [6.45, 7) is 8.59. The van der Waals surface area contributed by atoms with Crippen LogP contribution in [0.2, 0.25) is 0 Å². The van der Waals surface area contributed by atoms with E-state index in [1.807, 2.05) is 12.3 Å². The zero-order valence-corrected chi connectivity index (χ0v) is 22.2. The number of fused-ring (bicyclic) bond motifs is 1. The molecule has 3 heterocycles. The van der Waals surface area contributed by atoms with Crippen molar-refractivity contribution in [2.45, 2.75) is 58.3 Å². The summed E-state index contributed by atoms with van der Waals surface area (Å²) >= 11 is 0. The van der Waals surface area contributed by atoms with Crippen LogP contribution >= 0.6 is 24.0 Å². The van der Waals surface area contributed by atoms with E-state index >= 15 is 0 Å². The van der Waals surface area contributed by atoms with Crippen LogP contribution in [0.3, 0.4) is 0 Å². The normalized spacial score (nSPS) is 18.8. The Morgan fingerprint density at radius 2 is 2.09 bits per heavy atom. The zero-order chi connectivity index (χ0) is 22.3. The first-order chi connectivity index (χ1) is 15.6. The molecule has 1 aromatic carbocycles. The molecule has 0 radical (unpaired) electrons. The van der Waals surface area contributed by atoms with Crippen LogP contribution in [0, 0.1) is 0 Å². The minimum atomic E-state index is 0. The van der Waals surface area contributed by atoms with Crippen molar-refractivity contribution in [3.8, 4) is 11.5 Å². The molecule has 0 spiro atoms. The molecular weight excluding hydrogens is 529 g/mol. The van der Waals surface area contributed by atoms with Gasteiger partial charge in [0, 0.05) is 56.0 Å². The molecule has 2 aliphatic heterocycles. The number of likely N-dealkylation sites (tertiary alicyclic amines) is 1. The molecule has 1 aromatic heterocycles. The van der Waals surface area contributed by atoms with Gasteiger partial charge in [-0.25, -0.2) is 4.99 Å². The Kier molecular flexibility index (Phi) is 9.61. The van der Waals surface area contributed by atoms with Gasteiger partial charge in [-0.3, -0.25) is 9.88 Å². The lowest BCUT2D eigenvalue weighted by atomic mass is 10.0. The Bertz CT molecular complexity index is 917. The molecule has 1 unspecified atom stereocenters. The number of aromatic nitrogens is 1. The number of nitrogens with one attached hydrogen (secondary N) is 2. The lowest BCUT2D eigenvalue weighted by Crippen LogP contribution is -2.48. The van der Waals surface area contributed by atoms with E-state index in [1.54, 1.807) is 7.11 Å². The third-order valence-corrected chi connectivity index (χ3v) is 6.09. The van der Waals surface area contributed by atoms with Crippen molar-refractivity contribution in [1.29, 1.82) is 0 Å². The highest BCUT2D eigenvalue weighted by Gasteiger charge is 2.22. The summed E-state index contributed by atoms with van der Waals surface area (Å²) in [6.07, 6.45) is 5.19. The average Bonchev–Trinajstić information content (AvgIpc) is 3.17. The Balaban J connectivity index is 0.00000306. The SMILES string of the molecule is CCNC(=NCc1cc2c(cc1OC)CC(C)O2)NC1CCN(Cc2ccccn2)CC1.I. The Morgan fingerprint density at radius 3 is 2.79 bits per heavy atom. The van der Waals surface area contributed by atoms with Gasteiger partial charge in [0.15, 0.2) is 5.96 Å². The molecule has 0 saturated carbocycles. The summed E-state index contributed by atoms with van der Waals surface area (Å²) in [5, 5.41) is 7.02. The number of pyridine rings is 1. The lowest BCUT2D eigenvalue weighted by molar-refractivity contribution is 0.196. The number of hydrogen-bond donors (Lipinski definition) is 2. The third kappa shape index (κ3) is 6.96. The second-order valence-electron chi connectivity index (χ2n) is 8.62. The van der Waals surface area contributed by atoms with E-state index in [1.165, 1.54) is 5.56 Å². The minimum Gasteiger partial charge on any atom is -0.496 e. The first-order valence-electron chi connectivity index (χ1n) is 11.7. The number of benzene rings is 1. The zero-order valence-electron chi connectivity index (χ0n) is 19.8. The summed E-state index contributed by atoms with van der Waals surface area (Å²) in [7, 11) is 1.72. The van der Waals surface area contributed by atoms with E-state index in [0.29, 0.717) is 12.6 Å². The second-order valence-corrected chi connectivity index (χ2v) is 8.62. The summed E-state index contributed by atoms with van der Waals surface area (Å²) in [6, 6.07) is 10.7. The highest BCUT2D eigenvalue weighted by molar-refractivity contribution is 14.0. The monoisotopic (exact) mass is 565 g/mol. The minimum absolute atomic E-state index is 0. The second kappa shape index (κ2) is 12.4. The van der Waals surface area contributed by atoms with Crippen LogP contribution in [0.4, 0.5) is 0 Å². The van der Waals surface area contributed by atoms with Crippen molar-refractivity contribution in [1.82, 2.24) is 20.5 Å². The summed E-state index contributed by atoms with van der Waals surface area (Å²) in [5.41, 5.74) is 3.39. The molecule has 0 amide bonds. The van der Waals surface area contributed by atoms with Gasteiger partial charge in [0.25, 0.3) is 0 Å². The molecule has 7 nitrogen and oxygen atoms in total. The number of hydrogen-bond acceptors (Lipinski definition) is 5. The maximum absolute atomic E-state index is 5.93. The highest BCUT2D eigenvalue weighted by atomic mass is 127. The Hall–Kier alpha value is -2.07. The van der Waals surface area contributed by atoms with Crippen molar-refractivity contribution in [2.75, 3.05) is 26.7 Å². The van der Waals surface area contributed by atoms with E-state index in [2.05, 4.69) is 58.6 Å². The van der Waals surface area contributed by atoms with E-state index < -0.39 is 0 Å². The third-order valence-electron chi connectivity index (χ3n) is 6.09. The fraction of sp³-hybridized carbons (Fsp3) is 0.520. The fourth-order valence-electron chi connectivity index (χ4n) is 4.43. The fourth-order valence-corrected chi connectivity index (χ4v) is 4.43. The van der Waals surface area contributed by atoms with Gasteiger partial charge < -0.3 is 20.1 Å². The maximum Gasteiger partial charge on any atom is 0.191 e. The molecule has 2 aliphatic rings. The van der Waals surface area contributed by atoms with Gasteiger partial charge >= 0.3 is 0 Å². The number of guanidine groups is 1. The maximum atomic E-state index is 5.93. The number of nitrogens with zero attached hydrogens (tertiary/aromatic N) is 3. The molecule has 8 heteroatoms. The predicted molar refractivity (Wildman–Crippen MR) is 143 cm³/mol. The van der Waals surface area contributed by atoms with Crippen LogP contribution in [-0.4, -0.2) is 54.7 Å². The van der Waals surface area contributed by atoms with E-state index in [-0.39, 0.29) is 30.1 Å². The molecule has 0 bridgehead atoms. The van der Waals surface area contributed by atoms with E-state index in [4.69, 9.17) is 14.5 Å². The van der Waals surface area contributed by atoms with Crippen molar-refractivity contribution in [3.63, 3.8) is 0 Å². The molecule has 2 aromatic rings. The molecule has 33 heavy (non-hydrogen) atoms. The Labute approximate surface area is 214 Å². The molecule has 1 atom stereocenters. The van der Waals surface area contributed by atoms with Gasteiger partial charge in [-0.2, -0.15) is 0 Å². The van der Waals surface area contributed by atoms with Gasteiger partial charge in [-0.05, 0) is 51.0 Å². The van der Waals surface area contributed by atoms with Gasteiger partial charge in [0.2, 0.25) is 0 Å². The highest BCUT2D eigenvalue weighted by Crippen LogP contribution is 2.35. The summed E-state index contributed by atoms with van der Waals surface area (Å²) < 4.78 is 11.6. The first kappa shape index (κ1) is 25.6. The van der Waals surface area contributed by atoms with Crippen LogP contribution in [0.1, 0.15) is 43.5 Å². The first-order valence-corrected chi connectivity index (χ1v) is 11.7. The molecule has 4 rings (SSSR count). The molecule has 1 fully saturated rings. The smallest absolute Gasteiger partial charge is 0.191 e. The average molecular weight is 566 g/mol. The number of piperidine rings is 1. The lowest BCUT2D eigenvalue weighted by Gasteiger charge is -2.32. The Morgan fingerprint density at radius 1 is 1.27 bits per heavy atom. The molecule has 2 N–H and O–H groups in total. The van der Waals surface area contributed by atoms with Gasteiger partial charge in [0.05, 0.1) is 19.3 Å². The number of methoxy groups -OCH3 is 1. The van der Waals surface area contributed by atoms with Crippen molar-refractivity contribution in [2.24, 2.45) is 4.99 Å². The standard InChI is InChI=1S/C25H35N5O2.HI/c1-4-26-25(28-16-20-15-24-19(13-18(2)32-24)14-23(20)31-3)29-21-8-11-30(12-9-21)17-22-7-5-6-10-27-22;/h5-7,10,14-15,18,21H,4,8-9,11-13,16-17H2,1-3H3,(H2,26,28,29);1H. The number of aliphatic imine (C=N–C) groups is 1. The molecule has 180 valence electrons. The molecule has 1 saturated heterocycles. The summed E-state index contributed by atoms with van der Waals surface area (Å²) in [5.74, 6) is 2.69. The van der Waals surface area contributed by atoms with E-state index in [9.17, 15) is 0 Å². The predicted octanol–water partition coefficient (Wildman–Crippen LogP) is 3.75. The number of halogens is 1. The van der Waals surface area contributed by atoms with Crippen LogP contribution in [-0.2, 0) is 19.5 Å². The topological polar surface area (TPSA) is 71.0 Å². The van der Waals surface area contributed by atoms with Gasteiger partial charge in [-0.1, -0.05) is 6.07 Å². The largest absolute Gasteiger partial charge is 0.496 e. The quantitative estimate of drug-likeness (QED) is 0.303. The van der Waals surface area contributed by atoms with Crippen molar-refractivity contribution < 1.29 is 9.47 Å². The van der Waals surface area contributed by atoms with Crippen LogP contribution in [0.15, 0.2) is 41.5 Å². The number of ether oxygens (including phenoxy) is 2. The molecule has 0 aliphatic carbocycles.